The zero-order valence-electron chi connectivity index (χ0n) is 25.7. The van der Waals surface area contributed by atoms with Crippen molar-refractivity contribution in [1.82, 2.24) is 4.57 Å². The van der Waals surface area contributed by atoms with Crippen molar-refractivity contribution < 1.29 is 28.1 Å². The van der Waals surface area contributed by atoms with Crippen molar-refractivity contribution in [3.8, 4) is 17.2 Å². The number of hydrogen-bond donors (Lipinski definition) is 0. The predicted octanol–water partition coefficient (Wildman–Crippen LogP) is 6.68. The Labute approximate surface area is 291 Å². The van der Waals surface area contributed by atoms with Crippen LogP contribution in [0.3, 0.4) is 0 Å². The highest BCUT2D eigenvalue weighted by atomic mass is 127. The number of methoxy groups -OCH3 is 1. The first kappa shape index (κ1) is 33.9. The number of nitrogens with zero attached hydrogens (tertiary/aromatic N) is 2. The minimum absolute atomic E-state index is 0.0770. The number of allylic oxidation sites excluding steroid dienone is 1. The number of carbonyl (C=O) groups is 1. The standard InChI is InChI=1S/C34H31BrFIN2O6S/c1-6-43-33(41)29-19(4)38-34-39(30(29)22-10-11-26(45-18(2)3)27(16-22)42-5)32(40)28(46-34)15-21-13-24(35)31(25(37)14-21)44-17-20-8-7-9-23(36)12-20/h7-16,18,30H,6,17H2,1-5H3/b28-15-/t30-/m1/s1. The quantitative estimate of drug-likeness (QED) is 0.131. The van der Waals surface area contributed by atoms with Crippen molar-refractivity contribution in [3.63, 3.8) is 0 Å². The Hall–Kier alpha value is -3.49. The number of fused-ring (bicyclic) bond motifs is 1. The molecule has 1 aromatic heterocycles. The number of aromatic nitrogens is 1. The molecule has 0 saturated carbocycles. The largest absolute Gasteiger partial charge is 0.493 e. The molecule has 1 aliphatic rings. The fourth-order valence-electron chi connectivity index (χ4n) is 5.05. The molecule has 3 aromatic carbocycles. The van der Waals surface area contributed by atoms with Gasteiger partial charge in [-0.25, -0.2) is 14.2 Å². The zero-order chi connectivity index (χ0) is 33.1. The smallest absolute Gasteiger partial charge is 0.338 e. The number of esters is 1. The lowest BCUT2D eigenvalue weighted by atomic mass is 9.95. The molecule has 12 heteroatoms. The molecule has 4 aromatic rings. The third kappa shape index (κ3) is 7.23. The first-order valence-corrected chi connectivity index (χ1v) is 17.1. The number of carbonyl (C=O) groups excluding carboxylic acids is 1. The van der Waals surface area contributed by atoms with Crippen LogP contribution in [0.15, 0.2) is 80.1 Å². The van der Waals surface area contributed by atoms with Gasteiger partial charge in [0.15, 0.2) is 16.3 Å². The Morgan fingerprint density at radius 3 is 2.63 bits per heavy atom. The van der Waals surface area contributed by atoms with Crippen LogP contribution in [0.2, 0.25) is 0 Å². The average molecular weight is 822 g/mol. The molecule has 0 aliphatic carbocycles. The summed E-state index contributed by atoms with van der Waals surface area (Å²) in [5, 5.41) is 0. The van der Waals surface area contributed by atoms with Gasteiger partial charge in [-0.2, -0.15) is 0 Å². The summed E-state index contributed by atoms with van der Waals surface area (Å²) in [7, 11) is 1.54. The highest BCUT2D eigenvalue weighted by molar-refractivity contribution is 14.1. The van der Waals surface area contributed by atoms with Gasteiger partial charge in [0.05, 0.1) is 49.7 Å². The molecule has 0 N–H and O–H groups in total. The first-order valence-electron chi connectivity index (χ1n) is 14.4. The SMILES string of the molecule is CCOC(=O)C1=C(C)N=c2s/c(=C\c3cc(Br)c(OCc4cccc(F)c4)c(I)c3)c(=O)n2[C@@H]1c1ccc(OC(C)C)c(OC)c1. The van der Waals surface area contributed by atoms with Crippen molar-refractivity contribution in [2.75, 3.05) is 13.7 Å². The molecule has 0 radical (unpaired) electrons. The van der Waals surface area contributed by atoms with Crippen molar-refractivity contribution >= 4 is 61.9 Å². The van der Waals surface area contributed by atoms with Gasteiger partial charge >= 0.3 is 5.97 Å². The summed E-state index contributed by atoms with van der Waals surface area (Å²) in [6, 6.07) is 14.6. The number of benzene rings is 3. The van der Waals surface area contributed by atoms with E-state index < -0.39 is 12.0 Å². The molecule has 5 rings (SSSR count). The highest BCUT2D eigenvalue weighted by Gasteiger charge is 2.34. The molecular formula is C34H31BrFIN2O6S. The third-order valence-corrected chi connectivity index (χ3v) is 9.35. The van der Waals surface area contributed by atoms with Gasteiger partial charge in [-0.15, -0.1) is 0 Å². The Balaban J connectivity index is 1.58. The second kappa shape index (κ2) is 14.5. The van der Waals surface area contributed by atoms with E-state index in [0.717, 1.165) is 9.13 Å². The lowest BCUT2D eigenvalue weighted by molar-refractivity contribution is -0.139. The number of thiazole rings is 1. The van der Waals surface area contributed by atoms with E-state index in [9.17, 15) is 14.0 Å². The first-order chi connectivity index (χ1) is 22.0. The van der Waals surface area contributed by atoms with Crippen LogP contribution in [-0.4, -0.2) is 30.4 Å². The van der Waals surface area contributed by atoms with E-state index in [2.05, 4.69) is 43.5 Å². The van der Waals surface area contributed by atoms with E-state index in [1.165, 1.54) is 28.0 Å². The van der Waals surface area contributed by atoms with Gasteiger partial charge < -0.3 is 18.9 Å². The zero-order valence-corrected chi connectivity index (χ0v) is 30.3. The van der Waals surface area contributed by atoms with E-state index in [4.69, 9.17) is 18.9 Å². The van der Waals surface area contributed by atoms with Crippen LogP contribution >= 0.6 is 49.9 Å². The van der Waals surface area contributed by atoms with Crippen molar-refractivity contribution in [1.29, 1.82) is 0 Å². The Morgan fingerprint density at radius 1 is 1.17 bits per heavy atom. The van der Waals surface area contributed by atoms with Gasteiger partial charge in [0.25, 0.3) is 5.56 Å². The highest BCUT2D eigenvalue weighted by Crippen LogP contribution is 2.37. The predicted molar refractivity (Wildman–Crippen MR) is 187 cm³/mol. The van der Waals surface area contributed by atoms with E-state index in [1.54, 1.807) is 51.3 Å². The summed E-state index contributed by atoms with van der Waals surface area (Å²) in [6.45, 7) is 7.68. The maximum Gasteiger partial charge on any atom is 0.338 e. The second-order valence-corrected chi connectivity index (χ2v) is 13.6. The van der Waals surface area contributed by atoms with E-state index >= 15 is 0 Å². The van der Waals surface area contributed by atoms with E-state index in [-0.39, 0.29) is 36.3 Å². The van der Waals surface area contributed by atoms with Crippen LogP contribution < -0.4 is 29.1 Å². The molecule has 240 valence electrons. The average Bonchev–Trinajstić information content (AvgIpc) is 3.29. The summed E-state index contributed by atoms with van der Waals surface area (Å²) in [5.41, 5.74) is 2.55. The molecule has 0 spiro atoms. The normalized spacial score (nSPS) is 14.6. The van der Waals surface area contributed by atoms with E-state index in [1.807, 2.05) is 32.0 Å². The fraction of sp³-hybridized carbons (Fsp3) is 0.265. The second-order valence-electron chi connectivity index (χ2n) is 10.6. The molecular weight excluding hydrogens is 790 g/mol. The van der Waals surface area contributed by atoms with Crippen LogP contribution in [0.25, 0.3) is 6.08 Å². The Morgan fingerprint density at radius 2 is 1.96 bits per heavy atom. The van der Waals surface area contributed by atoms with Crippen molar-refractivity contribution in [2.45, 2.75) is 46.4 Å². The monoisotopic (exact) mass is 820 g/mol. The maximum atomic E-state index is 14.1. The molecule has 0 saturated heterocycles. The van der Waals surface area contributed by atoms with Crippen LogP contribution in [0.1, 0.15) is 50.4 Å². The molecule has 0 unspecified atom stereocenters. The summed E-state index contributed by atoms with van der Waals surface area (Å²) >= 11 is 7.00. The molecule has 2 heterocycles. The maximum absolute atomic E-state index is 14.1. The molecule has 0 amide bonds. The number of halogens is 3. The van der Waals surface area contributed by atoms with Crippen LogP contribution in [0, 0.1) is 9.39 Å². The number of rotatable bonds is 10. The van der Waals surface area contributed by atoms with Crippen LogP contribution in [0.4, 0.5) is 4.39 Å². The van der Waals surface area contributed by atoms with Gasteiger partial charge in [-0.1, -0.05) is 29.5 Å². The minimum atomic E-state index is -0.801. The molecule has 1 atom stereocenters. The summed E-state index contributed by atoms with van der Waals surface area (Å²) in [4.78, 5) is 32.5. The van der Waals surface area contributed by atoms with Gasteiger partial charge in [0.1, 0.15) is 18.2 Å². The lowest BCUT2D eigenvalue weighted by Crippen LogP contribution is -2.40. The topological polar surface area (TPSA) is 88.4 Å². The summed E-state index contributed by atoms with van der Waals surface area (Å²) in [5.74, 6) is 0.768. The Bertz CT molecular complexity index is 2000. The third-order valence-electron chi connectivity index (χ3n) is 6.97. The number of ether oxygens (including phenoxy) is 4. The van der Waals surface area contributed by atoms with Crippen molar-refractivity contribution in [3.05, 3.63) is 116 Å². The summed E-state index contributed by atoms with van der Waals surface area (Å²) in [6.07, 6.45) is 1.71. The number of hydrogen-bond acceptors (Lipinski definition) is 8. The summed E-state index contributed by atoms with van der Waals surface area (Å²) < 4.78 is 40.0. The fourth-order valence-corrected chi connectivity index (χ4v) is 7.86. The van der Waals surface area contributed by atoms with Gasteiger partial charge in [0.2, 0.25) is 0 Å². The van der Waals surface area contributed by atoms with Crippen LogP contribution in [0.5, 0.6) is 17.2 Å². The van der Waals surface area contributed by atoms with Crippen LogP contribution in [-0.2, 0) is 16.1 Å². The molecule has 1 aliphatic heterocycles. The van der Waals surface area contributed by atoms with Gasteiger partial charge in [0, 0.05) is 0 Å². The molecule has 0 fully saturated rings. The van der Waals surface area contributed by atoms with Gasteiger partial charge in [-0.3, -0.25) is 9.36 Å². The molecule has 0 bridgehead atoms. The minimum Gasteiger partial charge on any atom is -0.493 e. The Kier molecular flexibility index (Phi) is 10.7. The molecule has 8 nitrogen and oxygen atoms in total. The van der Waals surface area contributed by atoms with Gasteiger partial charge in [-0.05, 0) is 125 Å². The van der Waals surface area contributed by atoms with Crippen molar-refractivity contribution in [2.24, 2.45) is 4.99 Å². The van der Waals surface area contributed by atoms with E-state index in [0.29, 0.717) is 47.9 Å². The molecule has 46 heavy (non-hydrogen) atoms. The lowest BCUT2D eigenvalue weighted by Gasteiger charge is -2.25.